The van der Waals surface area contributed by atoms with Gasteiger partial charge in [0.25, 0.3) is 0 Å². The minimum absolute atomic E-state index is 0.260. The van der Waals surface area contributed by atoms with Gasteiger partial charge in [-0.05, 0) is 33.4 Å². The highest BCUT2D eigenvalue weighted by Gasteiger charge is 1.98. The summed E-state index contributed by atoms with van der Waals surface area (Å²) in [5, 5.41) is 0. The van der Waals surface area contributed by atoms with E-state index in [2.05, 4.69) is 11.7 Å². The fraction of sp³-hybridized carbons (Fsp3) is 0.750. The topological polar surface area (TPSA) is 29.4 Å². The van der Waals surface area contributed by atoms with Gasteiger partial charge in [0.2, 0.25) is 0 Å². The second kappa shape index (κ2) is 5.15. The zero-order valence-corrected chi connectivity index (χ0v) is 6.76. The van der Waals surface area contributed by atoms with Crippen LogP contribution in [0.25, 0.3) is 0 Å². The second-order valence-electron chi connectivity index (χ2n) is 2.63. The van der Waals surface area contributed by atoms with Crippen molar-refractivity contribution >= 4 is 12.5 Å². The molecular formula is C8H15NO. The SMILES string of the molecule is C=NC(C)CCCC(C)=O. The van der Waals surface area contributed by atoms with E-state index in [1.807, 2.05) is 6.92 Å². The molecule has 0 spiro atoms. The summed E-state index contributed by atoms with van der Waals surface area (Å²) in [5.41, 5.74) is 0. The first-order valence-electron chi connectivity index (χ1n) is 3.62. The predicted molar refractivity (Wildman–Crippen MR) is 43.5 cm³/mol. The van der Waals surface area contributed by atoms with Crippen LogP contribution in [0.15, 0.2) is 4.99 Å². The molecule has 58 valence electrons. The second-order valence-corrected chi connectivity index (χ2v) is 2.63. The first-order valence-corrected chi connectivity index (χ1v) is 3.62. The molecule has 2 heteroatoms. The van der Waals surface area contributed by atoms with Gasteiger partial charge in [0.1, 0.15) is 5.78 Å². The van der Waals surface area contributed by atoms with Crippen LogP contribution in [0.1, 0.15) is 33.1 Å². The Labute approximate surface area is 62.4 Å². The van der Waals surface area contributed by atoms with E-state index < -0.39 is 0 Å². The summed E-state index contributed by atoms with van der Waals surface area (Å²) in [6.45, 7) is 7.05. The molecule has 0 saturated heterocycles. The van der Waals surface area contributed by atoms with E-state index in [1.165, 1.54) is 0 Å². The summed E-state index contributed by atoms with van der Waals surface area (Å²) in [7, 11) is 0. The fourth-order valence-electron chi connectivity index (χ4n) is 0.738. The van der Waals surface area contributed by atoms with Gasteiger partial charge in [-0.2, -0.15) is 0 Å². The molecule has 0 rings (SSSR count). The molecule has 2 nitrogen and oxygen atoms in total. The zero-order chi connectivity index (χ0) is 7.98. The Morgan fingerprint density at radius 1 is 1.70 bits per heavy atom. The van der Waals surface area contributed by atoms with Gasteiger partial charge in [0, 0.05) is 12.5 Å². The number of nitrogens with zero attached hydrogens (tertiary/aromatic N) is 1. The molecule has 0 N–H and O–H groups in total. The fourth-order valence-corrected chi connectivity index (χ4v) is 0.738. The van der Waals surface area contributed by atoms with Crippen LogP contribution >= 0.6 is 0 Å². The van der Waals surface area contributed by atoms with Crippen LogP contribution < -0.4 is 0 Å². The van der Waals surface area contributed by atoms with Gasteiger partial charge in [-0.3, -0.25) is 4.99 Å². The lowest BCUT2D eigenvalue weighted by Crippen LogP contribution is -1.98. The summed E-state index contributed by atoms with van der Waals surface area (Å²) in [6.07, 6.45) is 2.60. The third kappa shape index (κ3) is 5.48. The van der Waals surface area contributed by atoms with Crippen molar-refractivity contribution in [2.45, 2.75) is 39.2 Å². The molecule has 0 saturated carbocycles. The monoisotopic (exact) mass is 141 g/mol. The molecule has 0 heterocycles. The number of hydrogen-bond donors (Lipinski definition) is 0. The number of carbonyl (C=O) groups is 1. The van der Waals surface area contributed by atoms with Crippen LogP contribution in [0.5, 0.6) is 0 Å². The Balaban J connectivity index is 3.19. The van der Waals surface area contributed by atoms with Gasteiger partial charge in [-0.1, -0.05) is 0 Å². The lowest BCUT2D eigenvalue weighted by atomic mass is 10.1. The van der Waals surface area contributed by atoms with Crippen LogP contribution in [0.4, 0.5) is 0 Å². The van der Waals surface area contributed by atoms with Crippen molar-refractivity contribution in [3.05, 3.63) is 0 Å². The van der Waals surface area contributed by atoms with Crippen molar-refractivity contribution in [1.29, 1.82) is 0 Å². The summed E-state index contributed by atoms with van der Waals surface area (Å²) in [6, 6.07) is 0.305. The summed E-state index contributed by atoms with van der Waals surface area (Å²) < 4.78 is 0. The molecule has 0 aromatic heterocycles. The van der Waals surface area contributed by atoms with Crippen molar-refractivity contribution < 1.29 is 4.79 Å². The Morgan fingerprint density at radius 3 is 2.70 bits per heavy atom. The third-order valence-corrected chi connectivity index (χ3v) is 1.46. The van der Waals surface area contributed by atoms with E-state index in [1.54, 1.807) is 6.92 Å². The third-order valence-electron chi connectivity index (χ3n) is 1.46. The quantitative estimate of drug-likeness (QED) is 0.537. The first-order chi connectivity index (χ1) is 4.66. The van der Waals surface area contributed by atoms with E-state index in [0.29, 0.717) is 12.5 Å². The minimum Gasteiger partial charge on any atom is -0.300 e. The molecule has 1 unspecified atom stereocenters. The molecule has 10 heavy (non-hydrogen) atoms. The normalized spacial score (nSPS) is 12.6. The number of rotatable bonds is 5. The zero-order valence-electron chi connectivity index (χ0n) is 6.76. The van der Waals surface area contributed by atoms with Crippen LogP contribution in [-0.4, -0.2) is 18.5 Å². The van der Waals surface area contributed by atoms with Gasteiger partial charge >= 0.3 is 0 Å². The molecule has 0 aliphatic heterocycles. The van der Waals surface area contributed by atoms with Gasteiger partial charge in [-0.25, -0.2) is 0 Å². The highest BCUT2D eigenvalue weighted by Crippen LogP contribution is 2.02. The number of aliphatic imine (C=N–C) groups is 1. The maximum absolute atomic E-state index is 10.5. The van der Waals surface area contributed by atoms with E-state index >= 15 is 0 Å². The summed E-state index contributed by atoms with van der Waals surface area (Å²) in [4.78, 5) is 14.3. The van der Waals surface area contributed by atoms with Crippen LogP contribution in [0.2, 0.25) is 0 Å². The molecule has 1 atom stereocenters. The molecule has 0 aromatic rings. The molecule has 0 fully saturated rings. The van der Waals surface area contributed by atoms with Gasteiger partial charge in [0.05, 0.1) is 0 Å². The Morgan fingerprint density at radius 2 is 2.30 bits per heavy atom. The molecule has 0 aromatic carbocycles. The molecular weight excluding hydrogens is 126 g/mol. The largest absolute Gasteiger partial charge is 0.300 e. The van der Waals surface area contributed by atoms with Gasteiger partial charge in [0.15, 0.2) is 0 Å². The molecule has 0 bridgehead atoms. The smallest absolute Gasteiger partial charge is 0.129 e. The lowest BCUT2D eigenvalue weighted by Gasteiger charge is -2.01. The number of hydrogen-bond acceptors (Lipinski definition) is 2. The summed E-state index contributed by atoms with van der Waals surface area (Å²) >= 11 is 0. The highest BCUT2D eigenvalue weighted by molar-refractivity contribution is 5.75. The Bertz CT molecular complexity index is 120. The van der Waals surface area contributed by atoms with E-state index in [4.69, 9.17) is 0 Å². The van der Waals surface area contributed by atoms with Crippen LogP contribution in [0.3, 0.4) is 0 Å². The first kappa shape index (κ1) is 9.34. The van der Waals surface area contributed by atoms with E-state index in [0.717, 1.165) is 12.8 Å². The average molecular weight is 141 g/mol. The maximum atomic E-state index is 10.5. The van der Waals surface area contributed by atoms with Crippen molar-refractivity contribution in [3.8, 4) is 0 Å². The van der Waals surface area contributed by atoms with Crippen LogP contribution in [0, 0.1) is 0 Å². The lowest BCUT2D eigenvalue weighted by molar-refractivity contribution is -0.117. The highest BCUT2D eigenvalue weighted by atomic mass is 16.1. The van der Waals surface area contributed by atoms with Crippen molar-refractivity contribution in [3.63, 3.8) is 0 Å². The Kier molecular flexibility index (Phi) is 4.81. The van der Waals surface area contributed by atoms with Crippen molar-refractivity contribution in [2.75, 3.05) is 0 Å². The van der Waals surface area contributed by atoms with Crippen LogP contribution in [-0.2, 0) is 4.79 Å². The number of ketones is 1. The molecule has 0 aliphatic rings. The van der Waals surface area contributed by atoms with Crippen molar-refractivity contribution in [2.24, 2.45) is 4.99 Å². The average Bonchev–Trinajstić information content (AvgIpc) is 1.87. The number of carbonyl (C=O) groups excluding carboxylic acids is 1. The predicted octanol–water partition coefficient (Wildman–Crippen LogP) is 1.83. The van der Waals surface area contributed by atoms with Gasteiger partial charge < -0.3 is 4.79 Å². The number of Topliss-reactive ketones (excluding diaryl/α,β-unsaturated/α-hetero) is 1. The Hall–Kier alpha value is -0.660. The van der Waals surface area contributed by atoms with Crippen molar-refractivity contribution in [1.82, 2.24) is 0 Å². The van der Waals surface area contributed by atoms with E-state index in [9.17, 15) is 4.79 Å². The standard InChI is InChI=1S/C8H15NO/c1-7(9-3)5-4-6-8(2)10/h7H,3-6H2,1-2H3. The molecule has 0 aliphatic carbocycles. The summed E-state index contributed by atoms with van der Waals surface area (Å²) in [5.74, 6) is 0.260. The minimum atomic E-state index is 0.260. The molecule has 0 amide bonds. The van der Waals surface area contributed by atoms with E-state index in [-0.39, 0.29) is 5.78 Å². The van der Waals surface area contributed by atoms with Gasteiger partial charge in [-0.15, -0.1) is 0 Å². The maximum Gasteiger partial charge on any atom is 0.129 e. The molecule has 0 radical (unpaired) electrons.